The van der Waals surface area contributed by atoms with Crippen molar-refractivity contribution in [2.75, 3.05) is 0 Å². The Balaban J connectivity index is 3.60. The molecule has 0 atom stereocenters. The van der Waals surface area contributed by atoms with Crippen LogP contribution in [0.25, 0.3) is 0 Å². The number of halogens is 3. The van der Waals surface area contributed by atoms with Crippen molar-refractivity contribution in [2.24, 2.45) is 0 Å². The van der Waals surface area contributed by atoms with Crippen molar-refractivity contribution in [3.05, 3.63) is 27.7 Å². The van der Waals surface area contributed by atoms with Crippen LogP contribution in [0.1, 0.15) is 10.4 Å². The summed E-state index contributed by atoms with van der Waals surface area (Å²) in [4.78, 5) is 10.7. The molecule has 0 saturated carbocycles. The predicted molar refractivity (Wildman–Crippen MR) is 62.4 cm³/mol. The number of benzene rings is 1. The number of rotatable bonds is 2. The van der Waals surface area contributed by atoms with E-state index in [1.807, 2.05) is 19.6 Å². The molecular formula is C10H11BrF2OSi. The molecule has 0 aromatic heterocycles. The summed E-state index contributed by atoms with van der Waals surface area (Å²) >= 11 is 2.96. The molecule has 82 valence electrons. The van der Waals surface area contributed by atoms with E-state index in [-0.39, 0.29) is 15.2 Å². The summed E-state index contributed by atoms with van der Waals surface area (Å²) in [6, 6.07) is 1.15. The van der Waals surface area contributed by atoms with Crippen LogP contribution in [0.3, 0.4) is 0 Å². The molecule has 0 unspecified atom stereocenters. The van der Waals surface area contributed by atoms with Gasteiger partial charge in [-0.05, 0) is 22.0 Å². The minimum Gasteiger partial charge on any atom is -0.298 e. The molecule has 5 heteroatoms. The second-order valence-electron chi connectivity index (χ2n) is 4.31. The third-order valence-electron chi connectivity index (χ3n) is 2.07. The molecular weight excluding hydrogens is 282 g/mol. The van der Waals surface area contributed by atoms with Gasteiger partial charge in [-0.15, -0.1) is 0 Å². The van der Waals surface area contributed by atoms with Crippen LogP contribution in [0.4, 0.5) is 8.78 Å². The van der Waals surface area contributed by atoms with Crippen molar-refractivity contribution in [3.63, 3.8) is 0 Å². The molecule has 0 N–H and O–H groups in total. The zero-order chi connectivity index (χ0) is 11.8. The Morgan fingerprint density at radius 2 is 1.87 bits per heavy atom. The summed E-state index contributed by atoms with van der Waals surface area (Å²) in [5.41, 5.74) is -0.103. The van der Waals surface area contributed by atoms with Crippen LogP contribution in [-0.2, 0) is 0 Å². The van der Waals surface area contributed by atoms with Crippen molar-refractivity contribution in [3.8, 4) is 0 Å². The van der Waals surface area contributed by atoms with Crippen LogP contribution >= 0.6 is 15.9 Å². The molecule has 0 aliphatic heterocycles. The normalized spacial score (nSPS) is 11.6. The van der Waals surface area contributed by atoms with Crippen LogP contribution in [-0.4, -0.2) is 14.4 Å². The largest absolute Gasteiger partial charge is 0.298 e. The first kappa shape index (κ1) is 12.5. The summed E-state index contributed by atoms with van der Waals surface area (Å²) in [6.07, 6.45) is 0.405. The molecule has 1 aromatic carbocycles. The van der Waals surface area contributed by atoms with E-state index in [0.29, 0.717) is 6.29 Å². The van der Waals surface area contributed by atoms with Gasteiger partial charge in [-0.25, -0.2) is 8.78 Å². The molecule has 15 heavy (non-hydrogen) atoms. The molecule has 0 spiro atoms. The van der Waals surface area contributed by atoms with Gasteiger partial charge in [0, 0.05) is 9.66 Å². The maximum atomic E-state index is 13.8. The van der Waals surface area contributed by atoms with Crippen LogP contribution in [0.15, 0.2) is 10.5 Å². The van der Waals surface area contributed by atoms with Gasteiger partial charge in [0.2, 0.25) is 0 Å². The monoisotopic (exact) mass is 292 g/mol. The van der Waals surface area contributed by atoms with Crippen LogP contribution in [0.5, 0.6) is 0 Å². The summed E-state index contributed by atoms with van der Waals surface area (Å²) in [5.74, 6) is -1.31. The van der Waals surface area contributed by atoms with Gasteiger partial charge in [-0.1, -0.05) is 19.6 Å². The standard InChI is InChI=1S/C10H11BrF2OSi/c1-15(2,3)10-8(12)4-7(11)6(5-14)9(10)13/h4-5H,1-3H3. The molecule has 0 bridgehead atoms. The number of hydrogen-bond acceptors (Lipinski definition) is 1. The van der Waals surface area contributed by atoms with E-state index >= 15 is 0 Å². The minimum absolute atomic E-state index is 0.0767. The lowest BCUT2D eigenvalue weighted by Gasteiger charge is -2.19. The van der Waals surface area contributed by atoms with E-state index in [0.717, 1.165) is 6.07 Å². The van der Waals surface area contributed by atoms with E-state index in [2.05, 4.69) is 15.9 Å². The average molecular weight is 293 g/mol. The van der Waals surface area contributed by atoms with Crippen molar-refractivity contribution in [1.82, 2.24) is 0 Å². The molecule has 0 radical (unpaired) electrons. The highest BCUT2D eigenvalue weighted by Gasteiger charge is 2.28. The highest BCUT2D eigenvalue weighted by atomic mass is 79.9. The molecule has 0 aliphatic rings. The van der Waals surface area contributed by atoms with Gasteiger partial charge in [-0.3, -0.25) is 4.79 Å². The van der Waals surface area contributed by atoms with Crippen LogP contribution in [0, 0.1) is 11.6 Å². The van der Waals surface area contributed by atoms with Gasteiger partial charge in [0.15, 0.2) is 6.29 Å². The van der Waals surface area contributed by atoms with Gasteiger partial charge in [-0.2, -0.15) is 0 Å². The summed E-state index contributed by atoms with van der Waals surface area (Å²) in [6.45, 7) is 5.49. The molecule has 0 saturated heterocycles. The first-order chi connectivity index (χ1) is 6.79. The third kappa shape index (κ3) is 2.34. The van der Waals surface area contributed by atoms with Crippen LogP contribution in [0.2, 0.25) is 19.6 Å². The fourth-order valence-corrected chi connectivity index (χ4v) is 3.45. The highest BCUT2D eigenvalue weighted by molar-refractivity contribution is 9.10. The van der Waals surface area contributed by atoms with Crippen molar-refractivity contribution < 1.29 is 13.6 Å². The van der Waals surface area contributed by atoms with Crippen LogP contribution < -0.4 is 5.19 Å². The lowest BCUT2D eigenvalue weighted by atomic mass is 10.2. The Morgan fingerprint density at radius 3 is 2.27 bits per heavy atom. The van der Waals surface area contributed by atoms with E-state index in [1.54, 1.807) is 0 Å². The van der Waals surface area contributed by atoms with Gasteiger partial charge >= 0.3 is 0 Å². The maximum Gasteiger partial charge on any atom is 0.154 e. The zero-order valence-corrected chi connectivity index (χ0v) is 11.3. The van der Waals surface area contributed by atoms with Gasteiger partial charge < -0.3 is 0 Å². The SMILES string of the molecule is C[Si](C)(C)c1c(F)cc(Br)c(C=O)c1F. The van der Waals surface area contributed by atoms with Gasteiger partial charge in [0.25, 0.3) is 0 Å². The van der Waals surface area contributed by atoms with E-state index in [9.17, 15) is 13.6 Å². The lowest BCUT2D eigenvalue weighted by Crippen LogP contribution is -2.43. The zero-order valence-electron chi connectivity index (χ0n) is 8.70. The summed E-state index contributed by atoms with van der Waals surface area (Å²) in [5, 5.41) is 0.0767. The Bertz CT molecular complexity index is 413. The van der Waals surface area contributed by atoms with Crippen molar-refractivity contribution in [1.29, 1.82) is 0 Å². The Hall–Kier alpha value is -0.553. The Morgan fingerprint density at radius 1 is 1.33 bits per heavy atom. The third-order valence-corrected chi connectivity index (χ3v) is 4.69. The van der Waals surface area contributed by atoms with Crippen molar-refractivity contribution >= 4 is 35.5 Å². The first-order valence-electron chi connectivity index (χ1n) is 4.42. The molecule has 1 aromatic rings. The Kier molecular flexibility index (Phi) is 3.45. The van der Waals surface area contributed by atoms with E-state index in [4.69, 9.17) is 0 Å². The van der Waals surface area contributed by atoms with Gasteiger partial charge in [0.05, 0.1) is 13.6 Å². The number of aldehydes is 1. The second kappa shape index (κ2) is 4.13. The average Bonchev–Trinajstić information content (AvgIpc) is 2.00. The minimum atomic E-state index is -2.12. The van der Waals surface area contributed by atoms with E-state index in [1.165, 1.54) is 0 Å². The lowest BCUT2D eigenvalue weighted by molar-refractivity contribution is 0.111. The molecule has 0 fully saturated rings. The second-order valence-corrected chi connectivity index (χ2v) is 10.2. The van der Waals surface area contributed by atoms with Crippen molar-refractivity contribution in [2.45, 2.75) is 19.6 Å². The topological polar surface area (TPSA) is 17.1 Å². The summed E-state index contributed by atoms with van der Waals surface area (Å²) < 4.78 is 27.6. The Labute approximate surface area is 96.6 Å². The highest BCUT2D eigenvalue weighted by Crippen LogP contribution is 2.21. The molecule has 0 aliphatic carbocycles. The first-order valence-corrected chi connectivity index (χ1v) is 8.71. The maximum absolute atomic E-state index is 13.8. The molecule has 1 rings (SSSR count). The molecule has 1 nitrogen and oxygen atoms in total. The number of carbonyl (C=O) groups excluding carboxylic acids is 1. The number of hydrogen-bond donors (Lipinski definition) is 0. The predicted octanol–water partition coefficient (Wildman–Crippen LogP) is 3.09. The fraction of sp³-hybridized carbons (Fsp3) is 0.300. The number of carbonyl (C=O) groups is 1. The fourth-order valence-electron chi connectivity index (χ4n) is 1.40. The smallest absolute Gasteiger partial charge is 0.154 e. The van der Waals surface area contributed by atoms with E-state index < -0.39 is 19.7 Å². The quantitative estimate of drug-likeness (QED) is 0.605. The molecule has 0 amide bonds. The van der Waals surface area contributed by atoms with Gasteiger partial charge in [0.1, 0.15) is 11.6 Å². The summed E-state index contributed by atoms with van der Waals surface area (Å²) in [7, 11) is -2.12. The molecule has 0 heterocycles.